The van der Waals surface area contributed by atoms with Crippen LogP contribution in [0.5, 0.6) is 0 Å². The summed E-state index contributed by atoms with van der Waals surface area (Å²) in [7, 11) is 0. The van der Waals surface area contributed by atoms with E-state index in [4.69, 9.17) is 23.2 Å². The molecule has 4 rings (SSSR count). The maximum atomic E-state index is 13.4. The van der Waals surface area contributed by atoms with Gasteiger partial charge in [0.25, 0.3) is 17.7 Å². The summed E-state index contributed by atoms with van der Waals surface area (Å²) in [5.74, 6) is -3.11. The fraction of sp³-hybridized carbons (Fsp3) is 0.273. The Labute approximate surface area is 193 Å². The van der Waals surface area contributed by atoms with E-state index < -0.39 is 36.1 Å². The summed E-state index contributed by atoms with van der Waals surface area (Å²) in [6.45, 7) is 1.45. The third-order valence-corrected chi connectivity index (χ3v) is 6.99. The van der Waals surface area contributed by atoms with Crippen LogP contribution >= 0.6 is 34.5 Å². The van der Waals surface area contributed by atoms with E-state index in [1.165, 1.54) is 29.5 Å². The predicted octanol–water partition coefficient (Wildman–Crippen LogP) is 4.64. The van der Waals surface area contributed by atoms with Crippen molar-refractivity contribution in [1.82, 2.24) is 10.0 Å². The summed E-state index contributed by atoms with van der Waals surface area (Å²) in [4.78, 5) is 53.0. The van der Waals surface area contributed by atoms with Gasteiger partial charge in [0.05, 0.1) is 27.3 Å². The molecule has 2 aromatic rings. The molecule has 0 bridgehead atoms. The zero-order chi connectivity index (χ0) is 22.3. The number of amides is 3. The van der Waals surface area contributed by atoms with Crippen LogP contribution in [0.25, 0.3) is 0 Å². The van der Waals surface area contributed by atoms with E-state index in [-0.39, 0.29) is 16.4 Å². The molecule has 1 aromatic carbocycles. The smallest absolute Gasteiger partial charge is 0.274 e. The van der Waals surface area contributed by atoms with Gasteiger partial charge < -0.3 is 0 Å². The van der Waals surface area contributed by atoms with Gasteiger partial charge in [-0.1, -0.05) is 40.9 Å². The molecule has 2 atom stereocenters. The van der Waals surface area contributed by atoms with E-state index in [0.717, 1.165) is 15.6 Å². The van der Waals surface area contributed by atoms with Crippen LogP contribution in [0.4, 0.5) is 0 Å². The minimum absolute atomic E-state index is 0.0508. The molecular formula is C22H18Cl2N2O4S. The van der Waals surface area contributed by atoms with E-state index in [9.17, 15) is 19.2 Å². The molecule has 0 N–H and O–H groups in total. The lowest BCUT2D eigenvalue weighted by Crippen LogP contribution is -2.52. The average molecular weight is 477 g/mol. The number of rotatable bonds is 5. The van der Waals surface area contributed by atoms with E-state index in [1.807, 2.05) is 13.0 Å². The highest BCUT2D eigenvalue weighted by Gasteiger charge is 2.51. The Kier molecular flexibility index (Phi) is 6.01. The first-order valence-electron chi connectivity index (χ1n) is 9.65. The molecule has 2 heterocycles. The molecule has 1 aromatic heterocycles. The lowest BCUT2D eigenvalue weighted by Gasteiger charge is -2.30. The van der Waals surface area contributed by atoms with Gasteiger partial charge in [-0.15, -0.1) is 11.3 Å². The number of thiophene rings is 1. The number of hydrazine groups is 1. The zero-order valence-electron chi connectivity index (χ0n) is 16.5. The van der Waals surface area contributed by atoms with Crippen LogP contribution in [0.1, 0.15) is 39.8 Å². The van der Waals surface area contributed by atoms with Crippen LogP contribution in [0.3, 0.4) is 0 Å². The second kappa shape index (κ2) is 8.57. The Morgan fingerprint density at radius 1 is 1.16 bits per heavy atom. The molecule has 6 nitrogen and oxygen atoms in total. The lowest BCUT2D eigenvalue weighted by atomic mass is 9.82. The molecule has 31 heavy (non-hydrogen) atoms. The number of hydrogen-bond acceptors (Lipinski definition) is 5. The van der Waals surface area contributed by atoms with Crippen LogP contribution in [0.2, 0.25) is 10.0 Å². The number of imide groups is 1. The van der Waals surface area contributed by atoms with Crippen LogP contribution in [0.15, 0.2) is 47.4 Å². The van der Waals surface area contributed by atoms with Crippen molar-refractivity contribution in [3.05, 3.63) is 67.8 Å². The van der Waals surface area contributed by atoms with Crippen molar-refractivity contribution in [3.63, 3.8) is 0 Å². The molecule has 1 aliphatic heterocycles. The third-order valence-electron chi connectivity index (χ3n) is 5.53. The maximum Gasteiger partial charge on any atom is 0.274 e. The summed E-state index contributed by atoms with van der Waals surface area (Å²) in [6, 6.07) is 7.65. The molecule has 2 aliphatic rings. The number of benzene rings is 1. The Hall–Kier alpha value is -2.48. The number of carbonyl (C=O) groups is 4. The standard InChI is InChI=1S/C22H18Cl2N2O4S/c1-12-4-6-14-16(9-12)22(30)26(21(14)29)25(11-18(27)19-3-2-8-31-19)20(28)15-7-5-13(23)10-17(15)24/h2-5,7-8,10,14,16H,6,9,11H2,1H3/t14-,16+/m0/s1. The first-order chi connectivity index (χ1) is 14.8. The SMILES string of the molecule is CC1=CC[C@@H]2C(=O)N(N(CC(=O)c3cccs3)C(=O)c3ccc(Cl)cc3Cl)C(=O)[C@@H]2C1. The first kappa shape index (κ1) is 21.7. The van der Waals surface area contributed by atoms with Crippen molar-refractivity contribution in [2.45, 2.75) is 19.8 Å². The number of allylic oxidation sites excluding steroid dienone is 2. The first-order valence-corrected chi connectivity index (χ1v) is 11.3. The fourth-order valence-electron chi connectivity index (χ4n) is 3.94. The molecule has 0 spiro atoms. The Bertz CT molecular complexity index is 1110. The predicted molar refractivity (Wildman–Crippen MR) is 118 cm³/mol. The van der Waals surface area contributed by atoms with Crippen LogP contribution in [-0.4, -0.2) is 40.1 Å². The zero-order valence-corrected chi connectivity index (χ0v) is 18.8. The summed E-state index contributed by atoms with van der Waals surface area (Å²) >= 11 is 13.4. The Morgan fingerprint density at radius 2 is 1.90 bits per heavy atom. The van der Waals surface area contributed by atoms with Crippen molar-refractivity contribution in [2.24, 2.45) is 11.8 Å². The number of Topliss-reactive ketones (excluding diaryl/α,β-unsaturated/α-hetero) is 1. The minimum Gasteiger partial charge on any atom is -0.291 e. The van der Waals surface area contributed by atoms with E-state index in [1.54, 1.807) is 17.5 Å². The summed E-state index contributed by atoms with van der Waals surface area (Å²) in [5, 5.41) is 3.92. The summed E-state index contributed by atoms with van der Waals surface area (Å²) in [5.41, 5.74) is 1.08. The minimum atomic E-state index is -0.711. The molecule has 0 radical (unpaired) electrons. The highest BCUT2D eigenvalue weighted by Crippen LogP contribution is 2.39. The van der Waals surface area contributed by atoms with Gasteiger partial charge in [0, 0.05) is 5.02 Å². The van der Waals surface area contributed by atoms with E-state index >= 15 is 0 Å². The molecule has 160 valence electrons. The normalized spacial score (nSPS) is 20.5. The molecule has 1 fully saturated rings. The third kappa shape index (κ3) is 4.05. The molecular weight excluding hydrogens is 459 g/mol. The maximum absolute atomic E-state index is 13.4. The van der Waals surface area contributed by atoms with Gasteiger partial charge in [-0.05, 0) is 49.4 Å². The average Bonchev–Trinajstić information content (AvgIpc) is 3.34. The fourth-order valence-corrected chi connectivity index (χ4v) is 5.09. The van der Waals surface area contributed by atoms with Crippen molar-refractivity contribution in [2.75, 3.05) is 6.54 Å². The number of hydrogen-bond donors (Lipinski definition) is 0. The second-order valence-corrected chi connectivity index (χ2v) is 9.37. The Balaban J connectivity index is 1.72. The summed E-state index contributed by atoms with van der Waals surface area (Å²) in [6.07, 6.45) is 2.82. The van der Waals surface area contributed by atoms with Crippen molar-refractivity contribution < 1.29 is 19.2 Å². The number of carbonyl (C=O) groups excluding carboxylic acids is 4. The van der Waals surface area contributed by atoms with Crippen LogP contribution < -0.4 is 0 Å². The van der Waals surface area contributed by atoms with Gasteiger partial charge in [0.2, 0.25) is 0 Å². The lowest BCUT2D eigenvalue weighted by molar-refractivity contribution is -0.154. The highest BCUT2D eigenvalue weighted by molar-refractivity contribution is 7.12. The molecule has 0 saturated carbocycles. The van der Waals surface area contributed by atoms with E-state index in [0.29, 0.717) is 22.7 Å². The number of fused-ring (bicyclic) bond motifs is 1. The Morgan fingerprint density at radius 3 is 2.58 bits per heavy atom. The molecule has 1 saturated heterocycles. The largest absolute Gasteiger partial charge is 0.291 e. The molecule has 0 unspecified atom stereocenters. The molecule has 3 amide bonds. The summed E-state index contributed by atoms with van der Waals surface area (Å²) < 4.78 is 0. The second-order valence-electron chi connectivity index (χ2n) is 7.58. The number of halogens is 2. The monoisotopic (exact) mass is 476 g/mol. The van der Waals surface area contributed by atoms with Gasteiger partial charge in [-0.3, -0.25) is 19.2 Å². The topological polar surface area (TPSA) is 74.8 Å². The number of nitrogens with zero attached hydrogens (tertiary/aromatic N) is 2. The molecule has 9 heteroatoms. The van der Waals surface area contributed by atoms with Crippen LogP contribution in [0, 0.1) is 11.8 Å². The van der Waals surface area contributed by atoms with Gasteiger partial charge in [-0.25, -0.2) is 5.01 Å². The van der Waals surface area contributed by atoms with Crippen molar-refractivity contribution in [1.29, 1.82) is 0 Å². The van der Waals surface area contributed by atoms with Gasteiger partial charge >= 0.3 is 0 Å². The van der Waals surface area contributed by atoms with Crippen molar-refractivity contribution in [3.8, 4) is 0 Å². The van der Waals surface area contributed by atoms with Gasteiger partial charge in [-0.2, -0.15) is 5.01 Å². The van der Waals surface area contributed by atoms with E-state index in [2.05, 4.69) is 0 Å². The van der Waals surface area contributed by atoms with Crippen molar-refractivity contribution >= 4 is 58.0 Å². The quantitative estimate of drug-likeness (QED) is 0.358. The highest BCUT2D eigenvalue weighted by atomic mass is 35.5. The van der Waals surface area contributed by atoms with Gasteiger partial charge in [0.1, 0.15) is 6.54 Å². The number of ketones is 1. The molecule has 1 aliphatic carbocycles. The van der Waals surface area contributed by atoms with Crippen LogP contribution in [-0.2, 0) is 9.59 Å². The van der Waals surface area contributed by atoms with Gasteiger partial charge in [0.15, 0.2) is 5.78 Å².